The van der Waals surface area contributed by atoms with Crippen molar-refractivity contribution < 1.29 is 18.4 Å². The van der Waals surface area contributed by atoms with E-state index < -0.39 is 29.1 Å². The number of halogens is 4. The number of hydrogen-bond donors (Lipinski definition) is 2. The van der Waals surface area contributed by atoms with Gasteiger partial charge in [0, 0.05) is 18.1 Å². The highest BCUT2D eigenvalue weighted by molar-refractivity contribution is 6.38. The van der Waals surface area contributed by atoms with Gasteiger partial charge >= 0.3 is 6.03 Å². The van der Waals surface area contributed by atoms with Gasteiger partial charge in [-0.1, -0.05) is 29.3 Å². The van der Waals surface area contributed by atoms with E-state index in [1.165, 1.54) is 23.3 Å². The molecule has 3 amide bonds. The number of benzene rings is 2. The van der Waals surface area contributed by atoms with Gasteiger partial charge in [0.25, 0.3) is 5.91 Å². The fourth-order valence-electron chi connectivity index (χ4n) is 3.68. The predicted molar refractivity (Wildman–Crippen MR) is 115 cm³/mol. The Labute approximate surface area is 187 Å². The number of aromatic nitrogens is 1. The summed E-state index contributed by atoms with van der Waals surface area (Å²) in [5.74, 6) is -3.36. The molecule has 0 saturated heterocycles. The smallest absolute Gasteiger partial charge is 0.321 e. The zero-order valence-electron chi connectivity index (χ0n) is 16.1. The summed E-state index contributed by atoms with van der Waals surface area (Å²) in [6, 6.07) is 4.95. The second-order valence-corrected chi connectivity index (χ2v) is 8.03. The summed E-state index contributed by atoms with van der Waals surface area (Å²) in [5, 5.41) is 4.87. The number of aryl methyl sites for hydroxylation is 2. The molecule has 9 heteroatoms. The Balaban J connectivity index is 1.51. The molecule has 2 N–H and O–H groups in total. The first-order chi connectivity index (χ1) is 14.8. The number of rotatable bonds is 3. The van der Waals surface area contributed by atoms with E-state index in [1.807, 2.05) is 22.3 Å². The fraction of sp³-hybridized carbons (Fsp3) is 0.182. The molecule has 0 bridgehead atoms. The molecule has 160 valence electrons. The largest absolute Gasteiger partial charge is 0.326 e. The van der Waals surface area contributed by atoms with Gasteiger partial charge in [-0.3, -0.25) is 10.1 Å². The van der Waals surface area contributed by atoms with Crippen molar-refractivity contribution in [3.05, 3.63) is 81.1 Å². The van der Waals surface area contributed by atoms with E-state index in [0.29, 0.717) is 15.7 Å². The highest BCUT2D eigenvalue weighted by atomic mass is 35.5. The van der Waals surface area contributed by atoms with Crippen LogP contribution in [-0.4, -0.2) is 16.5 Å². The average Bonchev–Trinajstić information content (AvgIpc) is 3.10. The second-order valence-electron chi connectivity index (χ2n) is 7.22. The summed E-state index contributed by atoms with van der Waals surface area (Å²) in [4.78, 5) is 24.2. The molecule has 1 aliphatic carbocycles. The Kier molecular flexibility index (Phi) is 5.98. The van der Waals surface area contributed by atoms with Gasteiger partial charge in [0.15, 0.2) is 0 Å². The zero-order chi connectivity index (χ0) is 22.1. The molecule has 0 aliphatic heterocycles. The van der Waals surface area contributed by atoms with Crippen LogP contribution in [-0.2, 0) is 12.8 Å². The third kappa shape index (κ3) is 4.43. The van der Waals surface area contributed by atoms with Crippen molar-refractivity contribution in [3.63, 3.8) is 0 Å². The van der Waals surface area contributed by atoms with Crippen LogP contribution in [0.25, 0.3) is 5.69 Å². The van der Waals surface area contributed by atoms with Crippen LogP contribution in [0.1, 0.15) is 34.3 Å². The first kappa shape index (κ1) is 21.3. The maximum absolute atomic E-state index is 13.7. The SMILES string of the molecule is O=C(NC(=O)c1c(F)cccc1F)Nc1cc(Cl)c(-n2cc3c(c2)CCCC3)c(Cl)c1. The minimum Gasteiger partial charge on any atom is -0.321 e. The van der Waals surface area contributed by atoms with Crippen molar-refractivity contribution in [2.45, 2.75) is 25.7 Å². The standard InChI is InChI=1S/C22H17Cl2F2N3O2/c23-15-8-14(27-22(31)28-21(30)19-17(25)6-3-7-18(19)26)9-16(24)20(15)29-10-12-4-1-2-5-13(12)11-29/h3,6-11H,1-2,4-5H2,(H2,27,28,30,31). The van der Waals surface area contributed by atoms with Crippen LogP contribution in [0.4, 0.5) is 19.3 Å². The van der Waals surface area contributed by atoms with Crippen LogP contribution in [0.15, 0.2) is 42.7 Å². The highest BCUT2D eigenvalue weighted by Crippen LogP contribution is 2.34. The molecule has 1 aliphatic rings. The molecular weight excluding hydrogens is 447 g/mol. The van der Waals surface area contributed by atoms with Crippen molar-refractivity contribution in [2.24, 2.45) is 0 Å². The van der Waals surface area contributed by atoms with Crippen molar-refractivity contribution in [2.75, 3.05) is 5.32 Å². The van der Waals surface area contributed by atoms with E-state index in [-0.39, 0.29) is 5.69 Å². The van der Waals surface area contributed by atoms with E-state index in [9.17, 15) is 18.4 Å². The monoisotopic (exact) mass is 463 g/mol. The van der Waals surface area contributed by atoms with E-state index in [4.69, 9.17) is 23.2 Å². The zero-order valence-corrected chi connectivity index (χ0v) is 17.7. The molecule has 1 aromatic heterocycles. The number of nitrogens with one attached hydrogen (secondary N) is 2. The Morgan fingerprint density at radius 2 is 1.48 bits per heavy atom. The molecule has 0 saturated carbocycles. The Morgan fingerprint density at radius 3 is 2.03 bits per heavy atom. The molecule has 0 fully saturated rings. The van der Waals surface area contributed by atoms with Crippen LogP contribution in [0.5, 0.6) is 0 Å². The molecule has 1 heterocycles. The summed E-state index contributed by atoms with van der Waals surface area (Å²) in [5.41, 5.74) is 2.47. The number of nitrogens with zero attached hydrogens (tertiary/aromatic N) is 1. The van der Waals surface area contributed by atoms with Crippen LogP contribution in [0.3, 0.4) is 0 Å². The summed E-state index contributed by atoms with van der Waals surface area (Å²) < 4.78 is 29.3. The number of amides is 3. The van der Waals surface area contributed by atoms with E-state index in [1.54, 1.807) is 0 Å². The van der Waals surface area contributed by atoms with Gasteiger partial charge in [-0.2, -0.15) is 0 Å². The first-order valence-electron chi connectivity index (χ1n) is 9.59. The van der Waals surface area contributed by atoms with Crippen LogP contribution in [0.2, 0.25) is 10.0 Å². The van der Waals surface area contributed by atoms with Gasteiger partial charge in [0.1, 0.15) is 17.2 Å². The molecular formula is C22H17Cl2F2N3O2. The number of carbonyl (C=O) groups excluding carboxylic acids is 2. The maximum Gasteiger partial charge on any atom is 0.326 e. The van der Waals surface area contributed by atoms with Gasteiger partial charge in [-0.15, -0.1) is 0 Å². The lowest BCUT2D eigenvalue weighted by Crippen LogP contribution is -2.35. The number of fused-ring (bicyclic) bond motifs is 1. The van der Waals surface area contributed by atoms with Crippen molar-refractivity contribution in [1.82, 2.24) is 9.88 Å². The summed E-state index contributed by atoms with van der Waals surface area (Å²) in [7, 11) is 0. The lowest BCUT2D eigenvalue weighted by Gasteiger charge is -2.12. The van der Waals surface area contributed by atoms with Gasteiger partial charge < -0.3 is 9.88 Å². The van der Waals surface area contributed by atoms with Crippen LogP contribution in [0, 0.1) is 11.6 Å². The van der Waals surface area contributed by atoms with E-state index >= 15 is 0 Å². The van der Waals surface area contributed by atoms with Gasteiger partial charge in [0.2, 0.25) is 0 Å². The number of urea groups is 1. The quantitative estimate of drug-likeness (QED) is 0.507. The molecule has 0 unspecified atom stereocenters. The Morgan fingerprint density at radius 1 is 0.935 bits per heavy atom. The number of hydrogen-bond acceptors (Lipinski definition) is 2. The number of anilines is 1. The molecule has 0 atom stereocenters. The Bertz CT molecular complexity index is 1130. The van der Waals surface area contributed by atoms with Gasteiger partial charge in [-0.25, -0.2) is 13.6 Å². The lowest BCUT2D eigenvalue weighted by atomic mass is 9.96. The summed E-state index contributed by atoms with van der Waals surface area (Å²) >= 11 is 12.8. The third-order valence-electron chi connectivity index (χ3n) is 5.09. The average molecular weight is 464 g/mol. The van der Waals surface area contributed by atoms with Crippen molar-refractivity contribution >= 4 is 40.8 Å². The molecule has 0 radical (unpaired) electrons. The normalized spacial score (nSPS) is 12.9. The lowest BCUT2D eigenvalue weighted by molar-refractivity contribution is 0.0959. The molecule has 3 aromatic rings. The van der Waals surface area contributed by atoms with Gasteiger partial charge in [0.05, 0.1) is 15.7 Å². The number of imide groups is 1. The third-order valence-corrected chi connectivity index (χ3v) is 5.67. The summed E-state index contributed by atoms with van der Waals surface area (Å²) in [6.07, 6.45) is 8.31. The van der Waals surface area contributed by atoms with E-state index in [0.717, 1.165) is 43.9 Å². The minimum atomic E-state index is -1.21. The molecule has 0 spiro atoms. The number of carbonyl (C=O) groups is 2. The summed E-state index contributed by atoms with van der Waals surface area (Å²) in [6.45, 7) is 0. The molecule has 2 aromatic carbocycles. The maximum atomic E-state index is 13.7. The topological polar surface area (TPSA) is 63.1 Å². The van der Waals surface area contributed by atoms with Crippen molar-refractivity contribution in [3.8, 4) is 5.69 Å². The molecule has 5 nitrogen and oxygen atoms in total. The highest BCUT2D eigenvalue weighted by Gasteiger charge is 2.20. The predicted octanol–water partition coefficient (Wildman–Crippen LogP) is 5.90. The minimum absolute atomic E-state index is 0.218. The van der Waals surface area contributed by atoms with Crippen molar-refractivity contribution in [1.29, 1.82) is 0 Å². The second kappa shape index (κ2) is 8.69. The van der Waals surface area contributed by atoms with Gasteiger partial charge in [-0.05, 0) is 61.1 Å². The first-order valence-corrected chi connectivity index (χ1v) is 10.3. The Hall–Kier alpha value is -2.90. The van der Waals surface area contributed by atoms with Crippen LogP contribution >= 0.6 is 23.2 Å². The molecule has 31 heavy (non-hydrogen) atoms. The van der Waals surface area contributed by atoms with Crippen LogP contribution < -0.4 is 10.6 Å². The molecule has 4 rings (SSSR count). The van der Waals surface area contributed by atoms with E-state index in [2.05, 4.69) is 5.32 Å². The fourth-order valence-corrected chi connectivity index (χ4v) is 4.36.